The number of hydrogen-bond donors (Lipinski definition) is 2. The molecule has 2 N–H and O–H groups in total. The number of aliphatic hydroxyl groups is 1. The van der Waals surface area contributed by atoms with Gasteiger partial charge in [-0.3, -0.25) is 9.88 Å². The van der Waals surface area contributed by atoms with Gasteiger partial charge in [0.1, 0.15) is 5.82 Å². The molecule has 2 rings (SSSR count). The third-order valence-corrected chi connectivity index (χ3v) is 4.16. The van der Waals surface area contributed by atoms with Gasteiger partial charge >= 0.3 is 0 Å². The molecule has 1 aromatic rings. The number of hydrogen-bond acceptors (Lipinski definition) is 4. The average molecular weight is 295 g/mol. The summed E-state index contributed by atoms with van der Waals surface area (Å²) in [5.41, 5.74) is 0.893. The Labute approximate surface area is 126 Å². The van der Waals surface area contributed by atoms with E-state index in [1.165, 1.54) is 12.3 Å². The molecular formula is C16H26FN3O. The molecule has 2 heterocycles. The van der Waals surface area contributed by atoms with Crippen LogP contribution in [-0.2, 0) is 0 Å². The quantitative estimate of drug-likeness (QED) is 0.771. The highest BCUT2D eigenvalue weighted by atomic mass is 19.1. The summed E-state index contributed by atoms with van der Waals surface area (Å²) in [4.78, 5) is 6.56. The van der Waals surface area contributed by atoms with Crippen LogP contribution in [0.1, 0.15) is 44.3 Å². The fourth-order valence-corrected chi connectivity index (χ4v) is 2.96. The number of nitrogens with one attached hydrogen (secondary N) is 1. The second-order valence-corrected chi connectivity index (χ2v) is 5.71. The molecule has 21 heavy (non-hydrogen) atoms. The maximum atomic E-state index is 13.0. The van der Waals surface area contributed by atoms with Crippen LogP contribution in [0.4, 0.5) is 4.39 Å². The molecule has 0 bridgehead atoms. The van der Waals surface area contributed by atoms with Crippen molar-refractivity contribution >= 4 is 0 Å². The molecule has 4 nitrogen and oxygen atoms in total. The van der Waals surface area contributed by atoms with Crippen LogP contribution < -0.4 is 5.32 Å². The first-order chi connectivity index (χ1) is 10.2. The third kappa shape index (κ3) is 4.73. The fraction of sp³-hybridized carbons (Fsp3) is 0.688. The van der Waals surface area contributed by atoms with E-state index in [1.807, 2.05) is 0 Å². The molecule has 0 radical (unpaired) electrons. The van der Waals surface area contributed by atoms with Gasteiger partial charge in [0, 0.05) is 12.6 Å². The molecule has 0 aromatic carbocycles. The molecule has 5 heteroatoms. The van der Waals surface area contributed by atoms with Crippen molar-refractivity contribution in [1.82, 2.24) is 15.2 Å². The second kappa shape index (κ2) is 8.41. The molecule has 1 fully saturated rings. The predicted octanol–water partition coefficient (Wildman–Crippen LogP) is 2.11. The Morgan fingerprint density at radius 1 is 1.52 bits per heavy atom. The van der Waals surface area contributed by atoms with Crippen LogP contribution in [0.5, 0.6) is 0 Å². The predicted molar refractivity (Wildman–Crippen MR) is 81.5 cm³/mol. The highest BCUT2D eigenvalue weighted by Crippen LogP contribution is 2.21. The lowest BCUT2D eigenvalue weighted by molar-refractivity contribution is 0.153. The van der Waals surface area contributed by atoms with Gasteiger partial charge in [0.05, 0.1) is 24.5 Å². The Hall–Kier alpha value is -1.04. The van der Waals surface area contributed by atoms with Crippen molar-refractivity contribution in [3.63, 3.8) is 0 Å². The van der Waals surface area contributed by atoms with Gasteiger partial charge in [-0.1, -0.05) is 6.92 Å². The first-order valence-electron chi connectivity index (χ1n) is 7.94. The summed E-state index contributed by atoms with van der Waals surface area (Å²) in [6, 6.07) is 3.68. The summed E-state index contributed by atoms with van der Waals surface area (Å²) in [6.07, 6.45) is 5.50. The molecule has 1 aliphatic rings. The van der Waals surface area contributed by atoms with E-state index in [0.717, 1.165) is 51.0 Å². The van der Waals surface area contributed by atoms with Crippen molar-refractivity contribution in [2.24, 2.45) is 0 Å². The van der Waals surface area contributed by atoms with Crippen LogP contribution in [0, 0.1) is 5.82 Å². The lowest BCUT2D eigenvalue weighted by Gasteiger charge is -2.26. The fourth-order valence-electron chi connectivity index (χ4n) is 2.96. The Balaban J connectivity index is 1.94. The number of pyridine rings is 1. The Kier molecular flexibility index (Phi) is 6.54. The van der Waals surface area contributed by atoms with Crippen LogP contribution >= 0.6 is 0 Å². The van der Waals surface area contributed by atoms with Crippen LogP contribution in [-0.4, -0.2) is 47.3 Å². The normalized spacial score (nSPS) is 20.8. The van der Waals surface area contributed by atoms with Crippen molar-refractivity contribution in [2.75, 3.05) is 26.2 Å². The van der Waals surface area contributed by atoms with E-state index in [4.69, 9.17) is 0 Å². The van der Waals surface area contributed by atoms with E-state index in [2.05, 4.69) is 22.1 Å². The van der Waals surface area contributed by atoms with Gasteiger partial charge in [-0.25, -0.2) is 4.39 Å². The molecule has 1 aliphatic heterocycles. The van der Waals surface area contributed by atoms with Crippen LogP contribution in [0.3, 0.4) is 0 Å². The average Bonchev–Trinajstić information content (AvgIpc) is 2.96. The van der Waals surface area contributed by atoms with E-state index in [-0.39, 0.29) is 18.5 Å². The summed E-state index contributed by atoms with van der Waals surface area (Å²) in [5, 5.41) is 12.9. The van der Waals surface area contributed by atoms with Crippen LogP contribution in [0.2, 0.25) is 0 Å². The molecule has 2 atom stereocenters. The first-order valence-corrected chi connectivity index (χ1v) is 7.94. The number of aliphatic hydroxyl groups excluding tert-OH is 1. The number of rotatable bonds is 8. The van der Waals surface area contributed by atoms with Gasteiger partial charge in [-0.2, -0.15) is 0 Å². The maximum absolute atomic E-state index is 13.0. The molecule has 1 saturated heterocycles. The summed E-state index contributed by atoms with van der Waals surface area (Å²) in [6.45, 7) is 5.29. The zero-order valence-electron chi connectivity index (χ0n) is 12.8. The summed E-state index contributed by atoms with van der Waals surface area (Å²) in [7, 11) is 0. The van der Waals surface area contributed by atoms with Crippen molar-refractivity contribution in [3.8, 4) is 0 Å². The molecular weight excluding hydrogens is 269 g/mol. The minimum absolute atomic E-state index is 0.144. The van der Waals surface area contributed by atoms with Crippen LogP contribution in [0.25, 0.3) is 0 Å². The van der Waals surface area contributed by atoms with Crippen molar-refractivity contribution in [3.05, 3.63) is 29.8 Å². The summed E-state index contributed by atoms with van der Waals surface area (Å²) < 4.78 is 13.0. The molecule has 0 saturated carbocycles. The largest absolute Gasteiger partial charge is 0.395 e. The number of halogens is 1. The molecule has 0 amide bonds. The standard InChI is InChI=1S/C16H26FN3O/c1-2-8-18-16(15-6-5-13(17)11-19-15)7-10-20-9-3-4-14(20)12-21/h5-6,11,14,16,18,21H,2-4,7-10,12H2,1H3. The smallest absolute Gasteiger partial charge is 0.141 e. The maximum Gasteiger partial charge on any atom is 0.141 e. The zero-order chi connectivity index (χ0) is 15.1. The van der Waals surface area contributed by atoms with Crippen LogP contribution in [0.15, 0.2) is 18.3 Å². The SMILES string of the molecule is CCCNC(CCN1CCCC1CO)c1ccc(F)cn1. The van der Waals surface area contributed by atoms with Gasteiger partial charge in [0.15, 0.2) is 0 Å². The zero-order valence-corrected chi connectivity index (χ0v) is 12.8. The molecule has 1 aromatic heterocycles. The Bertz CT molecular complexity index is 412. The minimum atomic E-state index is -0.298. The van der Waals surface area contributed by atoms with Gasteiger partial charge < -0.3 is 10.4 Å². The van der Waals surface area contributed by atoms with E-state index in [1.54, 1.807) is 6.07 Å². The number of nitrogens with zero attached hydrogens (tertiary/aromatic N) is 2. The number of aromatic nitrogens is 1. The Morgan fingerprint density at radius 2 is 2.38 bits per heavy atom. The van der Waals surface area contributed by atoms with Gasteiger partial charge in [-0.05, 0) is 50.9 Å². The third-order valence-electron chi connectivity index (χ3n) is 4.16. The summed E-state index contributed by atoms with van der Waals surface area (Å²) in [5.74, 6) is -0.298. The minimum Gasteiger partial charge on any atom is -0.395 e. The molecule has 2 unspecified atom stereocenters. The highest BCUT2D eigenvalue weighted by Gasteiger charge is 2.24. The van der Waals surface area contributed by atoms with Crippen molar-refractivity contribution < 1.29 is 9.50 Å². The van der Waals surface area contributed by atoms with Gasteiger partial charge in [-0.15, -0.1) is 0 Å². The van der Waals surface area contributed by atoms with E-state index in [0.29, 0.717) is 6.04 Å². The summed E-state index contributed by atoms with van der Waals surface area (Å²) >= 11 is 0. The van der Waals surface area contributed by atoms with E-state index >= 15 is 0 Å². The Morgan fingerprint density at radius 3 is 3.05 bits per heavy atom. The van der Waals surface area contributed by atoms with E-state index < -0.39 is 0 Å². The monoisotopic (exact) mass is 295 g/mol. The lowest BCUT2D eigenvalue weighted by Crippen LogP contribution is -2.35. The molecule has 118 valence electrons. The molecule has 0 spiro atoms. The first kappa shape index (κ1) is 16.3. The van der Waals surface area contributed by atoms with E-state index in [9.17, 15) is 9.50 Å². The second-order valence-electron chi connectivity index (χ2n) is 5.71. The topological polar surface area (TPSA) is 48.4 Å². The highest BCUT2D eigenvalue weighted by molar-refractivity contribution is 5.10. The lowest BCUT2D eigenvalue weighted by atomic mass is 10.1. The van der Waals surface area contributed by atoms with Crippen molar-refractivity contribution in [1.29, 1.82) is 0 Å². The number of likely N-dealkylation sites (tertiary alicyclic amines) is 1. The van der Waals surface area contributed by atoms with Crippen molar-refractivity contribution in [2.45, 2.75) is 44.7 Å². The molecule has 0 aliphatic carbocycles. The van der Waals surface area contributed by atoms with Gasteiger partial charge in [0.25, 0.3) is 0 Å². The van der Waals surface area contributed by atoms with Gasteiger partial charge in [0.2, 0.25) is 0 Å².